The minimum Gasteiger partial charge on any atom is -0.445 e. The molecule has 0 radical (unpaired) electrons. The van der Waals surface area contributed by atoms with Crippen molar-refractivity contribution < 1.29 is 9.53 Å². The van der Waals surface area contributed by atoms with Gasteiger partial charge < -0.3 is 10.1 Å². The van der Waals surface area contributed by atoms with Gasteiger partial charge in [0.1, 0.15) is 6.61 Å². The van der Waals surface area contributed by atoms with E-state index in [1.807, 2.05) is 54.6 Å². The summed E-state index contributed by atoms with van der Waals surface area (Å²) in [5.74, 6) is 0. The van der Waals surface area contributed by atoms with Gasteiger partial charge in [-0.05, 0) is 28.8 Å². The molecule has 0 spiro atoms. The lowest BCUT2D eigenvalue weighted by Crippen LogP contribution is -2.24. The number of nitriles is 1. The quantitative estimate of drug-likeness (QED) is 0.750. The number of alkyl halides is 1. The Balaban J connectivity index is 1.82. The van der Waals surface area contributed by atoms with Gasteiger partial charge >= 0.3 is 6.09 Å². The number of carbonyl (C=O) groups is 1. The third-order valence-corrected chi connectivity index (χ3v) is 3.90. The van der Waals surface area contributed by atoms with Crippen LogP contribution >= 0.6 is 15.9 Å². The number of rotatable bonds is 6. The number of hydrogen-bond acceptors (Lipinski definition) is 3. The Bertz CT molecular complexity index is 752. The fourth-order valence-corrected chi connectivity index (χ4v) is 2.55. The van der Waals surface area contributed by atoms with Crippen molar-refractivity contribution in [2.75, 3.05) is 6.54 Å². The highest BCUT2D eigenvalue weighted by Crippen LogP contribution is 2.16. The van der Waals surface area contributed by atoms with Gasteiger partial charge in [-0.15, -0.1) is 0 Å². The van der Waals surface area contributed by atoms with Gasteiger partial charge in [-0.25, -0.2) is 4.79 Å². The van der Waals surface area contributed by atoms with Crippen molar-refractivity contribution in [3.63, 3.8) is 0 Å². The van der Waals surface area contributed by atoms with Crippen LogP contribution in [0.3, 0.4) is 0 Å². The highest BCUT2D eigenvalue weighted by molar-refractivity contribution is 9.08. The van der Waals surface area contributed by atoms with Gasteiger partial charge in [0.2, 0.25) is 0 Å². The summed E-state index contributed by atoms with van der Waals surface area (Å²) < 4.78 is 5.13. The summed E-state index contributed by atoms with van der Waals surface area (Å²) >= 11 is 3.42. The molecule has 0 aromatic heterocycles. The smallest absolute Gasteiger partial charge is 0.407 e. The molecule has 2 aromatic rings. The van der Waals surface area contributed by atoms with E-state index < -0.39 is 6.09 Å². The molecule has 0 unspecified atom stereocenters. The molecule has 0 aliphatic carbocycles. The molecule has 1 N–H and O–H groups in total. The molecule has 0 saturated heterocycles. The molecule has 2 rings (SSSR count). The SMILES string of the molecule is N#Cc1ccc(CBr)c(C=CCNC(=O)OCc2ccccc2)c1. The van der Waals surface area contributed by atoms with Crippen molar-refractivity contribution in [1.82, 2.24) is 5.32 Å². The summed E-state index contributed by atoms with van der Waals surface area (Å²) in [4.78, 5) is 11.6. The Labute approximate surface area is 149 Å². The van der Waals surface area contributed by atoms with Crippen LogP contribution < -0.4 is 5.32 Å². The highest BCUT2D eigenvalue weighted by Gasteiger charge is 2.02. The number of amides is 1. The first kappa shape index (κ1) is 17.8. The third kappa shape index (κ3) is 5.56. The molecular weight excluding hydrogens is 368 g/mol. The fourth-order valence-electron chi connectivity index (χ4n) is 2.04. The number of ether oxygens (including phenoxy) is 1. The van der Waals surface area contributed by atoms with Gasteiger partial charge in [0.25, 0.3) is 0 Å². The van der Waals surface area contributed by atoms with Crippen LogP contribution in [0.25, 0.3) is 6.08 Å². The van der Waals surface area contributed by atoms with Crippen LogP contribution in [0.4, 0.5) is 4.79 Å². The van der Waals surface area contributed by atoms with E-state index in [9.17, 15) is 4.79 Å². The molecule has 0 saturated carbocycles. The maximum atomic E-state index is 11.6. The number of carbonyl (C=O) groups excluding carboxylic acids is 1. The molecule has 0 aliphatic heterocycles. The van der Waals surface area contributed by atoms with Crippen LogP contribution in [-0.4, -0.2) is 12.6 Å². The summed E-state index contributed by atoms with van der Waals surface area (Å²) in [5, 5.41) is 12.3. The topological polar surface area (TPSA) is 62.1 Å². The lowest BCUT2D eigenvalue weighted by atomic mass is 10.1. The van der Waals surface area contributed by atoms with Crippen LogP contribution in [-0.2, 0) is 16.7 Å². The molecule has 0 aliphatic rings. The van der Waals surface area contributed by atoms with Gasteiger partial charge in [-0.1, -0.05) is 64.5 Å². The molecule has 0 heterocycles. The van der Waals surface area contributed by atoms with Crippen molar-refractivity contribution in [3.05, 3.63) is 76.9 Å². The Hall–Kier alpha value is -2.58. The van der Waals surface area contributed by atoms with E-state index in [4.69, 9.17) is 10.00 Å². The van der Waals surface area contributed by atoms with Crippen molar-refractivity contribution in [1.29, 1.82) is 5.26 Å². The van der Waals surface area contributed by atoms with Gasteiger partial charge in [-0.2, -0.15) is 5.26 Å². The van der Waals surface area contributed by atoms with Gasteiger partial charge in [0, 0.05) is 11.9 Å². The first-order chi connectivity index (χ1) is 11.7. The van der Waals surface area contributed by atoms with E-state index in [-0.39, 0.29) is 6.61 Å². The van der Waals surface area contributed by atoms with Crippen molar-refractivity contribution >= 4 is 28.1 Å². The molecule has 4 nitrogen and oxygen atoms in total. The predicted molar refractivity (Wildman–Crippen MR) is 97.5 cm³/mol. The van der Waals surface area contributed by atoms with Crippen molar-refractivity contribution in [2.45, 2.75) is 11.9 Å². The monoisotopic (exact) mass is 384 g/mol. The molecule has 1 amide bonds. The Morgan fingerprint density at radius 1 is 1.25 bits per heavy atom. The maximum Gasteiger partial charge on any atom is 0.407 e. The average Bonchev–Trinajstić information content (AvgIpc) is 2.64. The second-order valence-electron chi connectivity index (χ2n) is 5.00. The number of benzene rings is 2. The largest absolute Gasteiger partial charge is 0.445 e. The molecule has 24 heavy (non-hydrogen) atoms. The second-order valence-corrected chi connectivity index (χ2v) is 5.56. The minimum atomic E-state index is -0.463. The first-order valence-corrected chi connectivity index (χ1v) is 8.55. The molecule has 0 fully saturated rings. The van der Waals surface area contributed by atoms with Crippen LogP contribution in [0.2, 0.25) is 0 Å². The van der Waals surface area contributed by atoms with E-state index in [2.05, 4.69) is 27.3 Å². The van der Waals surface area contributed by atoms with Gasteiger partial charge in [-0.3, -0.25) is 0 Å². The molecular formula is C19H17BrN2O2. The minimum absolute atomic E-state index is 0.244. The van der Waals surface area contributed by atoms with Crippen LogP contribution in [0, 0.1) is 11.3 Å². The zero-order valence-electron chi connectivity index (χ0n) is 13.0. The van der Waals surface area contributed by atoms with E-state index in [1.54, 1.807) is 6.07 Å². The normalized spacial score (nSPS) is 10.3. The summed E-state index contributed by atoms with van der Waals surface area (Å²) in [6.45, 7) is 0.598. The van der Waals surface area contributed by atoms with E-state index in [0.717, 1.165) is 16.7 Å². The summed E-state index contributed by atoms with van der Waals surface area (Å²) in [7, 11) is 0. The van der Waals surface area contributed by atoms with E-state index in [1.165, 1.54) is 0 Å². The second kappa shape index (κ2) is 9.53. The van der Waals surface area contributed by atoms with Crippen molar-refractivity contribution in [3.8, 4) is 6.07 Å². The molecule has 5 heteroatoms. The van der Waals surface area contributed by atoms with E-state index in [0.29, 0.717) is 17.4 Å². The predicted octanol–water partition coefficient (Wildman–Crippen LogP) is 4.39. The number of alkyl carbamates (subject to hydrolysis) is 1. The van der Waals surface area contributed by atoms with Crippen LogP contribution in [0.15, 0.2) is 54.6 Å². The number of nitrogens with zero attached hydrogens (tertiary/aromatic N) is 1. The van der Waals surface area contributed by atoms with Gasteiger partial charge in [0.15, 0.2) is 0 Å². The number of hydrogen-bond donors (Lipinski definition) is 1. The highest BCUT2D eigenvalue weighted by atomic mass is 79.9. The van der Waals surface area contributed by atoms with Crippen LogP contribution in [0.5, 0.6) is 0 Å². The van der Waals surface area contributed by atoms with Gasteiger partial charge in [0.05, 0.1) is 11.6 Å². The lowest BCUT2D eigenvalue weighted by Gasteiger charge is -2.06. The first-order valence-electron chi connectivity index (χ1n) is 7.43. The molecule has 0 bridgehead atoms. The van der Waals surface area contributed by atoms with Crippen molar-refractivity contribution in [2.24, 2.45) is 0 Å². The molecule has 2 aromatic carbocycles. The maximum absolute atomic E-state index is 11.6. The number of nitrogens with one attached hydrogen (secondary N) is 1. The van der Waals surface area contributed by atoms with E-state index >= 15 is 0 Å². The summed E-state index contributed by atoms with van der Waals surface area (Å²) in [5.41, 5.74) is 3.58. The van der Waals surface area contributed by atoms with Crippen LogP contribution in [0.1, 0.15) is 22.3 Å². The lowest BCUT2D eigenvalue weighted by molar-refractivity contribution is 0.141. The zero-order valence-corrected chi connectivity index (χ0v) is 14.6. The Morgan fingerprint density at radius 3 is 2.75 bits per heavy atom. The third-order valence-electron chi connectivity index (χ3n) is 3.29. The number of halogens is 1. The Kier molecular flexibility index (Phi) is 7.06. The summed E-state index contributed by atoms with van der Waals surface area (Å²) in [6.07, 6.45) is 3.25. The zero-order chi connectivity index (χ0) is 17.2. The molecule has 0 atom stereocenters. The molecule has 122 valence electrons. The summed E-state index contributed by atoms with van der Waals surface area (Å²) in [6, 6.07) is 17.1. The average molecular weight is 385 g/mol. The standard InChI is InChI=1S/C19H17BrN2O2/c20-12-18-9-8-16(13-21)11-17(18)7-4-10-22-19(23)24-14-15-5-2-1-3-6-15/h1-9,11H,10,12,14H2,(H,22,23). The Morgan fingerprint density at radius 2 is 2.04 bits per heavy atom. The fraction of sp³-hybridized carbons (Fsp3) is 0.158.